The van der Waals surface area contributed by atoms with Gasteiger partial charge in [-0.3, -0.25) is 4.79 Å². The van der Waals surface area contributed by atoms with Crippen LogP contribution in [0.1, 0.15) is 5.56 Å². The molecule has 33 heavy (non-hydrogen) atoms. The van der Waals surface area contributed by atoms with Crippen molar-refractivity contribution in [3.63, 3.8) is 0 Å². The second-order valence-corrected chi connectivity index (χ2v) is 8.04. The lowest BCUT2D eigenvalue weighted by Gasteiger charge is -2.36. The molecule has 0 aliphatic carbocycles. The average Bonchev–Trinajstić information content (AvgIpc) is 2.86. The van der Waals surface area contributed by atoms with E-state index >= 15 is 0 Å². The van der Waals surface area contributed by atoms with Crippen molar-refractivity contribution in [1.29, 1.82) is 5.26 Å². The van der Waals surface area contributed by atoms with Gasteiger partial charge in [-0.15, -0.1) is 0 Å². The second kappa shape index (κ2) is 11.4. The summed E-state index contributed by atoms with van der Waals surface area (Å²) >= 11 is 3.39. The number of piperazine rings is 1. The maximum atomic E-state index is 13.0. The number of anilines is 1. The van der Waals surface area contributed by atoms with Crippen LogP contribution in [-0.4, -0.2) is 63.8 Å². The monoisotopic (exact) mass is 513 g/mol. The number of para-hydroxylation sites is 1. The molecule has 172 valence electrons. The number of nitrogens with zero attached hydrogens (tertiary/aromatic N) is 3. The number of carbonyl (C=O) groups excluding carboxylic acids is 2. The predicted molar refractivity (Wildman–Crippen MR) is 127 cm³/mol. The van der Waals surface area contributed by atoms with Gasteiger partial charge in [-0.25, -0.2) is 4.79 Å². The van der Waals surface area contributed by atoms with Crippen molar-refractivity contribution in [2.75, 3.05) is 51.9 Å². The Labute approximate surface area is 201 Å². The number of amides is 1. The van der Waals surface area contributed by atoms with Crippen molar-refractivity contribution in [3.05, 3.63) is 58.1 Å². The highest BCUT2D eigenvalue weighted by Crippen LogP contribution is 2.37. The Morgan fingerprint density at radius 3 is 2.42 bits per heavy atom. The smallest absolute Gasteiger partial charge is 0.343 e. The van der Waals surface area contributed by atoms with Crippen molar-refractivity contribution >= 4 is 39.6 Å². The molecule has 0 saturated carbocycles. The van der Waals surface area contributed by atoms with E-state index in [0.29, 0.717) is 47.7 Å². The number of hydrogen-bond donors (Lipinski definition) is 0. The number of esters is 1. The van der Waals surface area contributed by atoms with Crippen LogP contribution in [0.5, 0.6) is 11.5 Å². The molecule has 8 nitrogen and oxygen atoms in total. The number of benzene rings is 2. The van der Waals surface area contributed by atoms with Crippen LogP contribution in [0.3, 0.4) is 0 Å². The Kier molecular flexibility index (Phi) is 8.33. The summed E-state index contributed by atoms with van der Waals surface area (Å²) in [4.78, 5) is 28.3. The molecule has 1 fully saturated rings. The molecule has 1 aliphatic rings. The topological polar surface area (TPSA) is 92.1 Å². The van der Waals surface area contributed by atoms with Gasteiger partial charge in [0.25, 0.3) is 5.91 Å². The molecule has 1 aliphatic heterocycles. The molecule has 0 atom stereocenters. The quantitative estimate of drug-likeness (QED) is 0.318. The number of hydrogen-bond acceptors (Lipinski definition) is 7. The molecule has 0 bridgehead atoms. The summed E-state index contributed by atoms with van der Waals surface area (Å²) in [5.74, 6) is -0.174. The van der Waals surface area contributed by atoms with Crippen LogP contribution in [0, 0.1) is 11.3 Å². The van der Waals surface area contributed by atoms with E-state index in [-0.39, 0.29) is 18.1 Å². The highest BCUT2D eigenvalue weighted by Gasteiger charge is 2.24. The lowest BCUT2D eigenvalue weighted by Crippen LogP contribution is -2.49. The molecule has 0 spiro atoms. The van der Waals surface area contributed by atoms with Crippen molar-refractivity contribution < 1.29 is 23.8 Å². The highest BCUT2D eigenvalue weighted by molar-refractivity contribution is 9.10. The minimum atomic E-state index is -0.530. The first kappa shape index (κ1) is 24.1. The SMILES string of the molecule is COC(=O)COc1c(Br)cc(/C=C(/C#N)C(=O)N2CCN(c3ccccc3)CC2)cc1OC. The summed E-state index contributed by atoms with van der Waals surface area (Å²) < 4.78 is 15.9. The van der Waals surface area contributed by atoms with Gasteiger partial charge in [0.1, 0.15) is 11.6 Å². The van der Waals surface area contributed by atoms with Crippen LogP contribution in [0.15, 0.2) is 52.5 Å². The van der Waals surface area contributed by atoms with E-state index < -0.39 is 5.97 Å². The van der Waals surface area contributed by atoms with Gasteiger partial charge in [-0.05, 0) is 51.8 Å². The van der Waals surface area contributed by atoms with Crippen LogP contribution < -0.4 is 14.4 Å². The van der Waals surface area contributed by atoms with E-state index in [1.165, 1.54) is 20.3 Å². The van der Waals surface area contributed by atoms with Gasteiger partial charge in [-0.1, -0.05) is 18.2 Å². The van der Waals surface area contributed by atoms with Gasteiger partial charge in [0.05, 0.1) is 18.7 Å². The minimum absolute atomic E-state index is 0.0281. The highest BCUT2D eigenvalue weighted by atomic mass is 79.9. The maximum absolute atomic E-state index is 13.0. The second-order valence-electron chi connectivity index (χ2n) is 7.18. The van der Waals surface area contributed by atoms with Crippen LogP contribution in [0.25, 0.3) is 6.08 Å². The van der Waals surface area contributed by atoms with Crippen LogP contribution >= 0.6 is 15.9 Å². The van der Waals surface area contributed by atoms with Crippen molar-refractivity contribution in [3.8, 4) is 17.6 Å². The Balaban J connectivity index is 1.73. The third kappa shape index (κ3) is 6.05. The number of nitriles is 1. The molecule has 2 aromatic carbocycles. The lowest BCUT2D eigenvalue weighted by atomic mass is 10.1. The van der Waals surface area contributed by atoms with Gasteiger partial charge in [0.2, 0.25) is 0 Å². The first-order valence-electron chi connectivity index (χ1n) is 10.2. The maximum Gasteiger partial charge on any atom is 0.343 e. The zero-order valence-electron chi connectivity index (χ0n) is 18.4. The third-order valence-corrected chi connectivity index (χ3v) is 5.75. The summed E-state index contributed by atoms with van der Waals surface area (Å²) in [6.45, 7) is 2.16. The lowest BCUT2D eigenvalue weighted by molar-refractivity contribution is -0.143. The zero-order chi connectivity index (χ0) is 23.8. The van der Waals surface area contributed by atoms with Gasteiger partial charge >= 0.3 is 5.97 Å². The molecule has 0 radical (unpaired) electrons. The summed E-state index contributed by atoms with van der Waals surface area (Å²) in [6.07, 6.45) is 1.52. The molecular formula is C24H24BrN3O5. The predicted octanol–water partition coefficient (Wildman–Crippen LogP) is 3.27. The number of carbonyl (C=O) groups is 2. The van der Waals surface area contributed by atoms with E-state index in [1.54, 1.807) is 17.0 Å². The fraction of sp³-hybridized carbons (Fsp3) is 0.292. The van der Waals surface area contributed by atoms with E-state index in [1.807, 2.05) is 36.4 Å². The van der Waals surface area contributed by atoms with E-state index in [2.05, 4.69) is 25.6 Å². The molecule has 1 amide bonds. The summed E-state index contributed by atoms with van der Waals surface area (Å²) in [7, 11) is 2.73. The van der Waals surface area contributed by atoms with Gasteiger partial charge < -0.3 is 24.0 Å². The number of ether oxygens (including phenoxy) is 3. The van der Waals surface area contributed by atoms with E-state index in [0.717, 1.165) is 5.69 Å². The Hall–Kier alpha value is -3.51. The summed E-state index contributed by atoms with van der Waals surface area (Å²) in [5, 5.41) is 9.65. The Morgan fingerprint density at radius 1 is 1.12 bits per heavy atom. The number of rotatable bonds is 7. The van der Waals surface area contributed by atoms with Gasteiger partial charge in [0, 0.05) is 31.9 Å². The largest absolute Gasteiger partial charge is 0.493 e. The number of halogens is 1. The number of methoxy groups -OCH3 is 2. The molecule has 3 rings (SSSR count). The average molecular weight is 514 g/mol. The minimum Gasteiger partial charge on any atom is -0.493 e. The van der Waals surface area contributed by atoms with E-state index in [9.17, 15) is 14.9 Å². The normalized spacial score (nSPS) is 13.8. The molecule has 1 saturated heterocycles. The molecule has 9 heteroatoms. The fourth-order valence-electron chi connectivity index (χ4n) is 3.44. The van der Waals surface area contributed by atoms with Crippen molar-refractivity contribution in [1.82, 2.24) is 4.90 Å². The zero-order valence-corrected chi connectivity index (χ0v) is 20.0. The molecule has 0 N–H and O–H groups in total. The van der Waals surface area contributed by atoms with Crippen LogP contribution in [0.2, 0.25) is 0 Å². The van der Waals surface area contributed by atoms with Crippen molar-refractivity contribution in [2.24, 2.45) is 0 Å². The first-order valence-corrected chi connectivity index (χ1v) is 11.0. The first-order chi connectivity index (χ1) is 16.0. The molecule has 0 unspecified atom stereocenters. The molecule has 2 aromatic rings. The molecular weight excluding hydrogens is 490 g/mol. The summed E-state index contributed by atoms with van der Waals surface area (Å²) in [5.41, 5.74) is 1.73. The third-order valence-electron chi connectivity index (χ3n) is 5.16. The van der Waals surface area contributed by atoms with Crippen LogP contribution in [0.4, 0.5) is 5.69 Å². The Morgan fingerprint density at radius 2 is 1.82 bits per heavy atom. The standard InChI is InChI=1S/C24H24BrN3O5/c1-31-21-14-17(13-20(25)23(21)33-16-22(29)32-2)12-18(15-26)24(30)28-10-8-27(9-11-28)19-6-4-3-5-7-19/h3-7,12-14H,8-11,16H2,1-2H3/b18-12-. The van der Waals surface area contributed by atoms with Crippen molar-refractivity contribution in [2.45, 2.75) is 0 Å². The van der Waals surface area contributed by atoms with Crippen LogP contribution in [-0.2, 0) is 14.3 Å². The molecule has 1 heterocycles. The summed E-state index contributed by atoms with van der Waals surface area (Å²) in [6, 6.07) is 15.4. The molecule has 0 aromatic heterocycles. The Bertz CT molecular complexity index is 1070. The van der Waals surface area contributed by atoms with Gasteiger partial charge in [0.15, 0.2) is 18.1 Å². The van der Waals surface area contributed by atoms with E-state index in [4.69, 9.17) is 9.47 Å². The fourth-order valence-corrected chi connectivity index (χ4v) is 4.01. The van der Waals surface area contributed by atoms with Gasteiger partial charge in [-0.2, -0.15) is 5.26 Å².